The van der Waals surface area contributed by atoms with Crippen molar-refractivity contribution in [3.05, 3.63) is 23.9 Å². The number of ether oxygens (including phenoxy) is 2. The second-order valence-electron chi connectivity index (χ2n) is 4.18. The van der Waals surface area contributed by atoms with Crippen LogP contribution < -0.4 is 4.90 Å². The third kappa shape index (κ3) is 5.22. The van der Waals surface area contributed by atoms with E-state index in [9.17, 15) is 18.0 Å². The molecule has 0 aliphatic carbocycles. The Kier molecular flexibility index (Phi) is 6.41. The van der Waals surface area contributed by atoms with Crippen LogP contribution in [0.1, 0.15) is 12.0 Å². The first-order valence-corrected chi connectivity index (χ1v) is 6.23. The number of carbonyl (C=O) groups is 1. The lowest BCUT2D eigenvalue weighted by Gasteiger charge is -2.25. The minimum Gasteiger partial charge on any atom is -0.469 e. The molecule has 0 fully saturated rings. The van der Waals surface area contributed by atoms with Crippen molar-refractivity contribution >= 4 is 11.8 Å². The van der Waals surface area contributed by atoms with Crippen LogP contribution in [0, 0.1) is 0 Å². The lowest BCUT2D eigenvalue weighted by atomic mass is 10.2. The molecule has 1 aromatic rings. The quantitative estimate of drug-likeness (QED) is 0.722. The summed E-state index contributed by atoms with van der Waals surface area (Å²) in [7, 11) is 2.67. The van der Waals surface area contributed by atoms with E-state index in [0.29, 0.717) is 0 Å². The van der Waals surface area contributed by atoms with Crippen LogP contribution in [0.25, 0.3) is 0 Å². The van der Waals surface area contributed by atoms with E-state index in [0.717, 1.165) is 6.07 Å². The lowest BCUT2D eigenvalue weighted by molar-refractivity contribution is -0.140. The van der Waals surface area contributed by atoms with Gasteiger partial charge in [0.2, 0.25) is 0 Å². The number of nitrogens with zero attached hydrogens (tertiary/aromatic N) is 2. The standard InChI is InChI=1S/C13H17F3N2O3/c1-20-9-8-18(7-5-11(19)21-2)12-10(13(14,15)16)4-3-6-17-12/h3-4,6H,5,7-9H2,1-2H3. The zero-order chi connectivity index (χ0) is 15.9. The zero-order valence-corrected chi connectivity index (χ0v) is 11.8. The van der Waals surface area contributed by atoms with Crippen molar-refractivity contribution < 1.29 is 27.4 Å². The highest BCUT2D eigenvalue weighted by Gasteiger charge is 2.35. The lowest BCUT2D eigenvalue weighted by Crippen LogP contribution is -2.32. The van der Waals surface area contributed by atoms with Gasteiger partial charge in [-0.25, -0.2) is 4.98 Å². The van der Waals surface area contributed by atoms with Gasteiger partial charge in [-0.05, 0) is 12.1 Å². The third-order valence-corrected chi connectivity index (χ3v) is 2.77. The van der Waals surface area contributed by atoms with Crippen molar-refractivity contribution in [2.45, 2.75) is 12.6 Å². The average Bonchev–Trinajstić information content (AvgIpc) is 2.46. The molecule has 0 aliphatic rings. The minimum absolute atomic E-state index is 0.0336. The molecule has 0 spiro atoms. The molecule has 118 valence electrons. The molecular formula is C13H17F3N2O3. The summed E-state index contributed by atoms with van der Waals surface area (Å²) < 4.78 is 48.4. The van der Waals surface area contributed by atoms with Crippen LogP contribution in [0.5, 0.6) is 0 Å². The molecule has 0 N–H and O–H groups in total. The number of methoxy groups -OCH3 is 2. The largest absolute Gasteiger partial charge is 0.469 e. The maximum Gasteiger partial charge on any atom is 0.419 e. The number of alkyl halides is 3. The zero-order valence-electron chi connectivity index (χ0n) is 11.8. The summed E-state index contributed by atoms with van der Waals surface area (Å²) in [5.74, 6) is -0.715. The van der Waals surface area contributed by atoms with Crippen LogP contribution in [0.2, 0.25) is 0 Å². The van der Waals surface area contributed by atoms with Crippen LogP contribution in [0.15, 0.2) is 18.3 Å². The topological polar surface area (TPSA) is 51.7 Å². The average molecular weight is 306 g/mol. The Morgan fingerprint density at radius 3 is 2.62 bits per heavy atom. The minimum atomic E-state index is -4.51. The van der Waals surface area contributed by atoms with Crippen LogP contribution in [0.3, 0.4) is 0 Å². The summed E-state index contributed by atoms with van der Waals surface area (Å²) in [5.41, 5.74) is -0.842. The van der Waals surface area contributed by atoms with Crippen molar-refractivity contribution in [2.24, 2.45) is 0 Å². The molecule has 0 atom stereocenters. The molecule has 0 aromatic carbocycles. The summed E-state index contributed by atoms with van der Waals surface area (Å²) in [6.07, 6.45) is -3.27. The van der Waals surface area contributed by atoms with Gasteiger partial charge in [-0.15, -0.1) is 0 Å². The van der Waals surface area contributed by atoms with Gasteiger partial charge in [-0.1, -0.05) is 0 Å². The molecule has 0 unspecified atom stereocenters. The summed E-state index contributed by atoms with van der Waals surface area (Å²) in [5, 5.41) is 0. The molecule has 1 heterocycles. The van der Waals surface area contributed by atoms with Gasteiger partial charge in [0.05, 0.1) is 25.7 Å². The first-order valence-electron chi connectivity index (χ1n) is 6.23. The highest BCUT2D eigenvalue weighted by molar-refractivity contribution is 5.70. The fourth-order valence-corrected chi connectivity index (χ4v) is 1.72. The van der Waals surface area contributed by atoms with Gasteiger partial charge in [-0.2, -0.15) is 13.2 Å². The van der Waals surface area contributed by atoms with Crippen LogP contribution in [0.4, 0.5) is 19.0 Å². The molecule has 5 nitrogen and oxygen atoms in total. The summed E-state index contributed by atoms with van der Waals surface area (Å²) in [6.45, 7) is 0.471. The summed E-state index contributed by atoms with van der Waals surface area (Å²) in [6, 6.07) is 2.18. The Morgan fingerprint density at radius 1 is 1.33 bits per heavy atom. The maximum absolute atomic E-state index is 13.0. The van der Waals surface area contributed by atoms with Crippen molar-refractivity contribution in [3.63, 3.8) is 0 Å². The van der Waals surface area contributed by atoms with Crippen LogP contribution in [-0.4, -0.2) is 44.9 Å². The van der Waals surface area contributed by atoms with Gasteiger partial charge in [-0.3, -0.25) is 4.79 Å². The Labute approximate surface area is 120 Å². The number of rotatable bonds is 7. The van der Waals surface area contributed by atoms with E-state index < -0.39 is 17.7 Å². The number of anilines is 1. The van der Waals surface area contributed by atoms with E-state index in [1.54, 1.807) is 0 Å². The molecule has 8 heteroatoms. The molecule has 1 aromatic heterocycles. The second kappa shape index (κ2) is 7.82. The fourth-order valence-electron chi connectivity index (χ4n) is 1.72. The Bertz CT molecular complexity index is 466. The van der Waals surface area contributed by atoms with E-state index in [2.05, 4.69) is 9.72 Å². The third-order valence-electron chi connectivity index (χ3n) is 2.77. The number of carbonyl (C=O) groups excluding carboxylic acids is 1. The van der Waals surface area contributed by atoms with Crippen molar-refractivity contribution in [2.75, 3.05) is 38.8 Å². The van der Waals surface area contributed by atoms with Gasteiger partial charge in [0.15, 0.2) is 0 Å². The maximum atomic E-state index is 13.0. The number of halogens is 3. The number of esters is 1. The van der Waals surface area contributed by atoms with E-state index >= 15 is 0 Å². The highest BCUT2D eigenvalue weighted by Crippen LogP contribution is 2.35. The van der Waals surface area contributed by atoms with Crippen molar-refractivity contribution in [3.8, 4) is 0 Å². The molecule has 0 saturated heterocycles. The number of hydrogen-bond acceptors (Lipinski definition) is 5. The first-order chi connectivity index (χ1) is 9.90. The predicted octanol–water partition coefficient (Wildman–Crippen LogP) is 2.12. The van der Waals surface area contributed by atoms with Crippen molar-refractivity contribution in [1.29, 1.82) is 0 Å². The van der Waals surface area contributed by atoms with Gasteiger partial charge in [0.25, 0.3) is 0 Å². The molecule has 0 radical (unpaired) electrons. The summed E-state index contributed by atoms with van der Waals surface area (Å²) in [4.78, 5) is 16.3. The Hall–Kier alpha value is -1.83. The van der Waals surface area contributed by atoms with Gasteiger partial charge in [0.1, 0.15) is 5.82 Å². The van der Waals surface area contributed by atoms with E-state index in [1.165, 1.54) is 31.4 Å². The number of aromatic nitrogens is 1. The molecule has 0 amide bonds. The highest BCUT2D eigenvalue weighted by atomic mass is 19.4. The van der Waals surface area contributed by atoms with Gasteiger partial charge in [0, 0.05) is 26.4 Å². The number of pyridine rings is 1. The van der Waals surface area contributed by atoms with Gasteiger partial charge < -0.3 is 14.4 Å². The molecule has 1 rings (SSSR count). The molecule has 0 aliphatic heterocycles. The fraction of sp³-hybridized carbons (Fsp3) is 0.538. The molecular weight excluding hydrogens is 289 g/mol. The SMILES string of the molecule is COCCN(CCC(=O)OC)c1ncccc1C(F)(F)F. The Balaban J connectivity index is 2.99. The normalized spacial score (nSPS) is 11.3. The smallest absolute Gasteiger partial charge is 0.419 e. The summed E-state index contributed by atoms with van der Waals surface area (Å²) >= 11 is 0. The molecule has 0 saturated carbocycles. The Morgan fingerprint density at radius 2 is 2.05 bits per heavy atom. The first kappa shape index (κ1) is 17.2. The van der Waals surface area contributed by atoms with Crippen molar-refractivity contribution in [1.82, 2.24) is 4.98 Å². The number of hydrogen-bond donors (Lipinski definition) is 0. The molecule has 0 bridgehead atoms. The predicted molar refractivity (Wildman–Crippen MR) is 70.0 cm³/mol. The molecule has 21 heavy (non-hydrogen) atoms. The van der Waals surface area contributed by atoms with E-state index in [-0.39, 0.29) is 31.9 Å². The second-order valence-corrected chi connectivity index (χ2v) is 4.18. The van der Waals surface area contributed by atoms with E-state index in [1.807, 2.05) is 0 Å². The van der Waals surface area contributed by atoms with Crippen LogP contribution in [-0.2, 0) is 20.4 Å². The van der Waals surface area contributed by atoms with Gasteiger partial charge >= 0.3 is 12.1 Å². The van der Waals surface area contributed by atoms with E-state index in [4.69, 9.17) is 4.74 Å². The monoisotopic (exact) mass is 306 g/mol. The van der Waals surface area contributed by atoms with Crippen LogP contribution >= 0.6 is 0 Å².